The molecule has 0 aromatic heterocycles. The molecule has 0 spiro atoms. The molecule has 1 saturated heterocycles. The van der Waals surface area contributed by atoms with Gasteiger partial charge in [-0.2, -0.15) is 4.99 Å². The Balaban J connectivity index is 1.89. The fourth-order valence-corrected chi connectivity index (χ4v) is 1.88. The molecule has 1 unspecified atom stereocenters. The highest BCUT2D eigenvalue weighted by Crippen LogP contribution is 2.11. The van der Waals surface area contributed by atoms with Crippen molar-refractivity contribution in [2.45, 2.75) is 25.3 Å². The molecule has 2 aliphatic rings. The van der Waals surface area contributed by atoms with Gasteiger partial charge in [0.2, 0.25) is 5.91 Å². The summed E-state index contributed by atoms with van der Waals surface area (Å²) in [4.78, 5) is 27.9. The van der Waals surface area contributed by atoms with E-state index in [2.05, 4.69) is 10.3 Å². The van der Waals surface area contributed by atoms with Crippen molar-refractivity contribution in [3.05, 3.63) is 0 Å². The molecule has 0 radical (unpaired) electrons. The van der Waals surface area contributed by atoms with E-state index in [1.165, 1.54) is 0 Å². The number of nitrogens with two attached hydrogens (primary N) is 1. The molecule has 0 aliphatic carbocycles. The van der Waals surface area contributed by atoms with Gasteiger partial charge in [0.05, 0.1) is 12.5 Å². The third-order valence-electron chi connectivity index (χ3n) is 2.72. The van der Waals surface area contributed by atoms with E-state index in [0.717, 1.165) is 25.9 Å². The predicted molar refractivity (Wildman–Crippen MR) is 54.4 cm³/mol. The zero-order valence-corrected chi connectivity index (χ0v) is 8.40. The first kappa shape index (κ1) is 9.95. The molecule has 6 nitrogen and oxygen atoms in total. The normalized spacial score (nSPS) is 25.3. The van der Waals surface area contributed by atoms with Crippen LogP contribution in [0.15, 0.2) is 4.99 Å². The van der Waals surface area contributed by atoms with Crippen LogP contribution in [0.5, 0.6) is 0 Å². The maximum absolute atomic E-state index is 11.7. The lowest BCUT2D eigenvalue weighted by molar-refractivity contribution is -0.130. The van der Waals surface area contributed by atoms with E-state index in [0.29, 0.717) is 0 Å². The fraction of sp³-hybridized carbons (Fsp3) is 0.667. The molecule has 3 N–H and O–H groups in total. The maximum Gasteiger partial charge on any atom is 0.343 e. The number of carbonyl (C=O) groups is 2. The van der Waals surface area contributed by atoms with Crippen LogP contribution in [0.25, 0.3) is 0 Å². The fourth-order valence-electron chi connectivity index (χ4n) is 1.88. The van der Waals surface area contributed by atoms with Crippen molar-refractivity contribution in [2.24, 2.45) is 10.7 Å². The Labute approximate surface area is 87.5 Å². The highest BCUT2D eigenvalue weighted by Gasteiger charge is 2.28. The molecule has 0 aromatic rings. The molecular formula is C9H14N4O2. The maximum atomic E-state index is 11.7. The van der Waals surface area contributed by atoms with Crippen molar-refractivity contribution in [3.8, 4) is 0 Å². The van der Waals surface area contributed by atoms with Crippen molar-refractivity contribution in [2.75, 3.05) is 13.1 Å². The largest absolute Gasteiger partial charge is 0.385 e. The first-order valence-corrected chi connectivity index (χ1v) is 5.09. The number of nitrogens with one attached hydrogen (secondary N) is 1. The lowest BCUT2D eigenvalue weighted by Crippen LogP contribution is -2.41. The van der Waals surface area contributed by atoms with Crippen LogP contribution in [0, 0.1) is 0 Å². The molecule has 3 amide bonds. The Hall–Kier alpha value is -1.59. The smallest absolute Gasteiger partial charge is 0.343 e. The van der Waals surface area contributed by atoms with Gasteiger partial charge in [0.1, 0.15) is 5.84 Å². The molecular weight excluding hydrogens is 196 g/mol. The number of likely N-dealkylation sites (tertiary alicyclic amines) is 1. The molecule has 0 aromatic carbocycles. The van der Waals surface area contributed by atoms with E-state index in [1.807, 2.05) is 0 Å². The summed E-state index contributed by atoms with van der Waals surface area (Å²) in [5.41, 5.74) is 5.51. The Morgan fingerprint density at radius 2 is 2.20 bits per heavy atom. The number of hydrogen-bond acceptors (Lipinski definition) is 3. The zero-order chi connectivity index (χ0) is 10.8. The molecule has 6 heteroatoms. The minimum Gasteiger partial charge on any atom is -0.385 e. The summed E-state index contributed by atoms with van der Waals surface area (Å²) in [7, 11) is 0. The van der Waals surface area contributed by atoms with E-state index in [9.17, 15) is 9.59 Å². The monoisotopic (exact) mass is 210 g/mol. The second kappa shape index (κ2) is 3.88. The molecule has 15 heavy (non-hydrogen) atoms. The van der Waals surface area contributed by atoms with Gasteiger partial charge in [0.25, 0.3) is 0 Å². The quantitative estimate of drug-likeness (QED) is 0.641. The molecule has 2 rings (SSSR count). The van der Waals surface area contributed by atoms with E-state index >= 15 is 0 Å². The van der Waals surface area contributed by atoms with Gasteiger partial charge >= 0.3 is 6.03 Å². The van der Waals surface area contributed by atoms with Gasteiger partial charge in [-0.05, 0) is 12.8 Å². The van der Waals surface area contributed by atoms with E-state index in [4.69, 9.17) is 5.73 Å². The number of amidine groups is 1. The molecule has 1 atom stereocenters. The number of carbonyl (C=O) groups excluding carboxylic acids is 2. The van der Waals surface area contributed by atoms with Crippen LogP contribution in [0.3, 0.4) is 0 Å². The topological polar surface area (TPSA) is 87.8 Å². The zero-order valence-electron chi connectivity index (χ0n) is 8.40. The van der Waals surface area contributed by atoms with Gasteiger partial charge in [-0.25, -0.2) is 4.79 Å². The highest BCUT2D eigenvalue weighted by atomic mass is 16.2. The van der Waals surface area contributed by atoms with Crippen LogP contribution in [-0.2, 0) is 4.79 Å². The number of aliphatic imine (C=N–C) groups is 1. The minimum atomic E-state index is -0.452. The molecule has 2 aliphatic heterocycles. The first-order chi connectivity index (χ1) is 7.16. The average Bonchev–Trinajstić information content (AvgIpc) is 2.76. The van der Waals surface area contributed by atoms with Gasteiger partial charge in [-0.15, -0.1) is 0 Å². The Morgan fingerprint density at radius 3 is 2.73 bits per heavy atom. The molecule has 82 valence electrons. The van der Waals surface area contributed by atoms with Crippen LogP contribution in [0.2, 0.25) is 0 Å². The minimum absolute atomic E-state index is 0.0397. The second-order valence-electron chi connectivity index (χ2n) is 3.83. The van der Waals surface area contributed by atoms with Crippen molar-refractivity contribution in [3.63, 3.8) is 0 Å². The molecule has 0 bridgehead atoms. The van der Waals surface area contributed by atoms with Crippen LogP contribution < -0.4 is 11.1 Å². The third kappa shape index (κ3) is 2.08. The second-order valence-corrected chi connectivity index (χ2v) is 3.83. The first-order valence-electron chi connectivity index (χ1n) is 5.09. The lowest BCUT2D eigenvalue weighted by atomic mass is 10.2. The Bertz CT molecular complexity index is 320. The van der Waals surface area contributed by atoms with Crippen molar-refractivity contribution in [1.29, 1.82) is 0 Å². The number of nitrogens with zero attached hydrogens (tertiary/aromatic N) is 2. The SMILES string of the molecule is NC1=NC(=O)NC1CC(=O)N1CCCC1. The molecule has 0 saturated carbocycles. The summed E-state index contributed by atoms with van der Waals surface area (Å²) in [6.45, 7) is 1.63. The molecule has 2 heterocycles. The van der Waals surface area contributed by atoms with Gasteiger partial charge in [-0.3, -0.25) is 4.79 Å². The van der Waals surface area contributed by atoms with E-state index in [-0.39, 0.29) is 18.2 Å². The van der Waals surface area contributed by atoms with E-state index < -0.39 is 12.1 Å². The summed E-state index contributed by atoms with van der Waals surface area (Å²) < 4.78 is 0. The number of hydrogen-bond donors (Lipinski definition) is 2. The molecule has 1 fully saturated rings. The van der Waals surface area contributed by atoms with Gasteiger partial charge in [0, 0.05) is 13.1 Å². The van der Waals surface area contributed by atoms with Crippen molar-refractivity contribution < 1.29 is 9.59 Å². The summed E-state index contributed by atoms with van der Waals surface area (Å²) >= 11 is 0. The van der Waals surface area contributed by atoms with Crippen LogP contribution in [-0.4, -0.2) is 41.8 Å². The Morgan fingerprint density at radius 1 is 1.53 bits per heavy atom. The van der Waals surface area contributed by atoms with Crippen LogP contribution in [0.1, 0.15) is 19.3 Å². The Kier molecular flexibility index (Phi) is 2.57. The van der Waals surface area contributed by atoms with E-state index in [1.54, 1.807) is 4.90 Å². The number of amides is 3. The highest BCUT2D eigenvalue weighted by molar-refractivity contribution is 6.04. The average molecular weight is 210 g/mol. The van der Waals surface area contributed by atoms with Crippen LogP contribution in [0.4, 0.5) is 4.79 Å². The summed E-state index contributed by atoms with van der Waals surface area (Å²) in [6, 6.07) is -0.864. The van der Waals surface area contributed by atoms with Crippen molar-refractivity contribution in [1.82, 2.24) is 10.2 Å². The summed E-state index contributed by atoms with van der Waals surface area (Å²) in [6.07, 6.45) is 2.35. The van der Waals surface area contributed by atoms with Crippen molar-refractivity contribution >= 4 is 17.8 Å². The number of rotatable bonds is 2. The predicted octanol–water partition coefficient (Wildman–Crippen LogP) is -0.552. The standard InChI is InChI=1S/C9H14N4O2/c10-8-6(11-9(15)12-8)5-7(14)13-3-1-2-4-13/h6H,1-5H2,(H3,10,11,12,15). The van der Waals surface area contributed by atoms with Gasteiger partial charge in [0.15, 0.2) is 0 Å². The third-order valence-corrected chi connectivity index (χ3v) is 2.72. The van der Waals surface area contributed by atoms with Gasteiger partial charge in [-0.1, -0.05) is 0 Å². The summed E-state index contributed by atoms with van der Waals surface area (Å²) in [5, 5.41) is 2.54. The number of urea groups is 1. The lowest BCUT2D eigenvalue weighted by Gasteiger charge is -2.17. The van der Waals surface area contributed by atoms with Gasteiger partial charge < -0.3 is 16.0 Å². The summed E-state index contributed by atoms with van der Waals surface area (Å²) in [5.74, 6) is 0.255. The van der Waals surface area contributed by atoms with Crippen LogP contribution >= 0.6 is 0 Å².